The Morgan fingerprint density at radius 3 is 2.50 bits per heavy atom. The zero-order valence-electron chi connectivity index (χ0n) is 6.25. The second-order valence-electron chi connectivity index (χ2n) is 1.83. The van der Waals surface area contributed by atoms with E-state index in [2.05, 4.69) is 0 Å². The molecule has 2 nitrogen and oxygen atoms in total. The maximum atomic E-state index is 12.4. The normalized spacial score (nSPS) is 11.9. The summed E-state index contributed by atoms with van der Waals surface area (Å²) in [5, 5.41) is -0.148. The Hall–Kier alpha value is 0.550. The summed E-state index contributed by atoms with van der Waals surface area (Å²) in [5.41, 5.74) is 0. The van der Waals surface area contributed by atoms with Crippen LogP contribution in [0.3, 0.4) is 0 Å². The van der Waals surface area contributed by atoms with Crippen LogP contribution in [-0.2, 0) is 11.1 Å². The minimum absolute atomic E-state index is 0. The Morgan fingerprint density at radius 1 is 1.50 bits per heavy atom. The van der Waals surface area contributed by atoms with Crippen LogP contribution in [0.5, 0.6) is 0 Å². The first kappa shape index (κ1) is 12.6. The average Bonchev–Trinajstić information content (AvgIpc) is 1.94. The van der Waals surface area contributed by atoms with Gasteiger partial charge in [0.05, 0.1) is 9.92 Å². The molecular formula is C6H4ClFNaO2S. The van der Waals surface area contributed by atoms with Crippen molar-refractivity contribution in [3.63, 3.8) is 0 Å². The van der Waals surface area contributed by atoms with Gasteiger partial charge in [0.25, 0.3) is 0 Å². The van der Waals surface area contributed by atoms with Gasteiger partial charge in [-0.05, 0) is 18.2 Å². The molecule has 0 fully saturated rings. The third kappa shape index (κ3) is 3.12. The topological polar surface area (TPSA) is 37.3 Å². The first-order valence-electron chi connectivity index (χ1n) is 2.67. The van der Waals surface area contributed by atoms with Crippen LogP contribution in [-0.4, -0.2) is 38.3 Å². The predicted octanol–water partition coefficient (Wildman–Crippen LogP) is 1.68. The van der Waals surface area contributed by atoms with Gasteiger partial charge in [-0.1, -0.05) is 11.6 Å². The Kier molecular flexibility index (Phi) is 5.56. The Morgan fingerprint density at radius 2 is 2.08 bits per heavy atom. The standard InChI is InChI=1S/C6H4ClFO2S.Na/c7-5-3-4(11(9)10)1-2-6(5)8;/h1-3H,(H,9,10);. The molecular weight excluding hydrogens is 214 g/mol. The predicted molar refractivity (Wildman–Crippen MR) is 46.2 cm³/mol. The molecule has 61 valence electrons. The summed E-state index contributed by atoms with van der Waals surface area (Å²) in [4.78, 5) is 0.0939. The molecule has 1 atom stereocenters. The molecule has 1 aromatic rings. The van der Waals surface area contributed by atoms with Crippen molar-refractivity contribution >= 4 is 52.2 Å². The van der Waals surface area contributed by atoms with Crippen LogP contribution < -0.4 is 0 Å². The number of hydrogen-bond donors (Lipinski definition) is 1. The van der Waals surface area contributed by atoms with Crippen molar-refractivity contribution in [1.29, 1.82) is 0 Å². The van der Waals surface area contributed by atoms with Crippen molar-refractivity contribution < 1.29 is 13.2 Å². The fourth-order valence-electron chi connectivity index (χ4n) is 0.585. The van der Waals surface area contributed by atoms with Gasteiger partial charge in [0.15, 0.2) is 11.1 Å². The molecule has 0 aliphatic carbocycles. The quantitative estimate of drug-likeness (QED) is 0.574. The molecule has 1 N–H and O–H groups in total. The van der Waals surface area contributed by atoms with E-state index in [-0.39, 0.29) is 39.5 Å². The Bertz CT molecular complexity index is 308. The largest absolute Gasteiger partial charge is 0.302 e. The molecule has 0 saturated carbocycles. The van der Waals surface area contributed by atoms with Crippen molar-refractivity contribution in [3.05, 3.63) is 29.0 Å². The maximum Gasteiger partial charge on any atom is 0.186 e. The summed E-state index contributed by atoms with van der Waals surface area (Å²) >= 11 is 3.24. The summed E-state index contributed by atoms with van der Waals surface area (Å²) in [7, 11) is 0. The van der Waals surface area contributed by atoms with Crippen LogP contribution in [0.1, 0.15) is 0 Å². The van der Waals surface area contributed by atoms with E-state index in [1.807, 2.05) is 0 Å². The SMILES string of the molecule is O=S(O)c1ccc(F)c(Cl)c1.[Na]. The first-order chi connectivity index (χ1) is 5.11. The van der Waals surface area contributed by atoms with Crippen molar-refractivity contribution in [1.82, 2.24) is 0 Å². The summed E-state index contributed by atoms with van der Waals surface area (Å²) < 4.78 is 31.4. The zero-order valence-corrected chi connectivity index (χ0v) is 9.82. The minimum Gasteiger partial charge on any atom is -0.302 e. The average molecular weight is 218 g/mol. The van der Waals surface area contributed by atoms with Crippen molar-refractivity contribution in [3.8, 4) is 0 Å². The van der Waals surface area contributed by atoms with Gasteiger partial charge in [-0.25, -0.2) is 8.60 Å². The van der Waals surface area contributed by atoms with Gasteiger partial charge >= 0.3 is 0 Å². The van der Waals surface area contributed by atoms with Gasteiger partial charge in [-0.2, -0.15) is 0 Å². The molecule has 0 bridgehead atoms. The van der Waals surface area contributed by atoms with E-state index in [1.165, 1.54) is 6.07 Å². The van der Waals surface area contributed by atoms with Gasteiger partial charge in [0.1, 0.15) is 5.82 Å². The minimum atomic E-state index is -2.10. The molecule has 1 rings (SSSR count). The molecule has 0 spiro atoms. The molecule has 0 aliphatic heterocycles. The summed E-state index contributed by atoms with van der Waals surface area (Å²) in [6.07, 6.45) is 0. The Balaban J connectivity index is 0.00000121. The third-order valence-corrected chi connectivity index (χ3v) is 2.04. The van der Waals surface area contributed by atoms with E-state index in [0.29, 0.717) is 0 Å². The van der Waals surface area contributed by atoms with Crippen LogP contribution in [0, 0.1) is 5.82 Å². The van der Waals surface area contributed by atoms with E-state index < -0.39 is 16.9 Å². The third-order valence-electron chi connectivity index (χ3n) is 1.09. The van der Waals surface area contributed by atoms with Gasteiger partial charge < -0.3 is 4.55 Å². The molecule has 0 aliphatic rings. The van der Waals surface area contributed by atoms with Crippen molar-refractivity contribution in [2.24, 2.45) is 0 Å². The van der Waals surface area contributed by atoms with E-state index >= 15 is 0 Å². The molecule has 1 aromatic carbocycles. The van der Waals surface area contributed by atoms with E-state index in [0.717, 1.165) is 12.1 Å². The number of halogens is 2. The van der Waals surface area contributed by atoms with Gasteiger partial charge in [-0.15, -0.1) is 0 Å². The number of rotatable bonds is 1. The Labute approximate surface area is 98.7 Å². The molecule has 12 heavy (non-hydrogen) atoms. The van der Waals surface area contributed by atoms with Crippen molar-refractivity contribution in [2.75, 3.05) is 0 Å². The monoisotopic (exact) mass is 217 g/mol. The van der Waals surface area contributed by atoms with Gasteiger partial charge in [0.2, 0.25) is 0 Å². The molecule has 0 saturated heterocycles. The van der Waals surface area contributed by atoms with Crippen LogP contribution in [0.4, 0.5) is 4.39 Å². The number of hydrogen-bond acceptors (Lipinski definition) is 1. The van der Waals surface area contributed by atoms with Crippen molar-refractivity contribution in [2.45, 2.75) is 4.90 Å². The molecule has 1 unspecified atom stereocenters. The maximum absolute atomic E-state index is 12.4. The van der Waals surface area contributed by atoms with E-state index in [1.54, 1.807) is 0 Å². The summed E-state index contributed by atoms with van der Waals surface area (Å²) in [5.74, 6) is -0.596. The van der Waals surface area contributed by atoms with E-state index in [4.69, 9.17) is 16.2 Å². The fraction of sp³-hybridized carbons (Fsp3) is 0. The summed E-state index contributed by atoms with van der Waals surface area (Å²) in [6.45, 7) is 0. The molecule has 0 heterocycles. The molecule has 0 aromatic heterocycles. The second kappa shape index (κ2) is 5.32. The zero-order chi connectivity index (χ0) is 8.43. The van der Waals surface area contributed by atoms with E-state index in [9.17, 15) is 8.60 Å². The van der Waals surface area contributed by atoms with Crippen LogP contribution in [0.25, 0.3) is 0 Å². The van der Waals surface area contributed by atoms with Gasteiger partial charge in [-0.3, -0.25) is 0 Å². The molecule has 0 amide bonds. The van der Waals surface area contributed by atoms with Crippen LogP contribution in [0.2, 0.25) is 5.02 Å². The molecule has 6 heteroatoms. The summed E-state index contributed by atoms with van der Waals surface area (Å²) in [6, 6.07) is 3.37. The van der Waals surface area contributed by atoms with Crippen LogP contribution >= 0.6 is 11.6 Å². The first-order valence-corrected chi connectivity index (χ1v) is 4.15. The van der Waals surface area contributed by atoms with Gasteiger partial charge in [0, 0.05) is 29.6 Å². The van der Waals surface area contributed by atoms with Crippen LogP contribution in [0.15, 0.2) is 23.1 Å². The molecule has 1 radical (unpaired) electrons. The fourth-order valence-corrected chi connectivity index (χ4v) is 1.23. The smallest absolute Gasteiger partial charge is 0.186 e. The number of benzene rings is 1. The second-order valence-corrected chi connectivity index (χ2v) is 3.20.